The molecule has 82 valence electrons. The summed E-state index contributed by atoms with van der Waals surface area (Å²) in [5.74, 6) is 1.36. The Hall–Kier alpha value is -0.780. The van der Waals surface area contributed by atoms with Crippen molar-refractivity contribution >= 4 is 56.0 Å². The minimum absolute atomic E-state index is 0.125. The molecule has 0 N–H and O–H groups in total. The number of rotatable bonds is 1. The molecule has 3 nitrogen and oxygen atoms in total. The Labute approximate surface area is 105 Å². The second-order valence-corrected chi connectivity index (χ2v) is 5.75. The molecule has 1 saturated heterocycles. The second kappa shape index (κ2) is 3.91. The summed E-state index contributed by atoms with van der Waals surface area (Å²) in [5.41, 5.74) is 0.786. The molecule has 6 heteroatoms. The number of halogens is 1. The average Bonchev–Trinajstić information content (AvgIpc) is 2.84. The van der Waals surface area contributed by atoms with Crippen LogP contribution in [0, 0.1) is 0 Å². The fraction of sp³-hybridized carbons (Fsp3) is 0.200. The third-order valence-corrected chi connectivity index (χ3v) is 4.58. The largest absolute Gasteiger partial charge is 0.277 e. The predicted octanol–water partition coefficient (Wildman–Crippen LogP) is 2.99. The fourth-order valence-electron chi connectivity index (χ4n) is 1.55. The van der Waals surface area contributed by atoms with Crippen LogP contribution in [-0.2, 0) is 4.79 Å². The summed E-state index contributed by atoms with van der Waals surface area (Å²) in [4.78, 5) is 17.7. The molecule has 0 bridgehead atoms. The minimum atomic E-state index is 0.125. The maximum atomic E-state index is 11.6. The lowest BCUT2D eigenvalue weighted by Crippen LogP contribution is -2.24. The molecule has 2 heterocycles. The number of aromatic nitrogens is 1. The third-order valence-electron chi connectivity index (χ3n) is 2.34. The van der Waals surface area contributed by atoms with Crippen molar-refractivity contribution in [2.75, 3.05) is 16.5 Å². The van der Waals surface area contributed by atoms with Gasteiger partial charge in [0.05, 0.1) is 21.4 Å². The lowest BCUT2D eigenvalue weighted by Gasteiger charge is -2.08. The number of hydrogen-bond donors (Lipinski definition) is 0. The van der Waals surface area contributed by atoms with Gasteiger partial charge >= 0.3 is 0 Å². The van der Waals surface area contributed by atoms with Gasteiger partial charge in [0.2, 0.25) is 5.91 Å². The highest BCUT2D eigenvalue weighted by Crippen LogP contribution is 2.34. The topological polar surface area (TPSA) is 33.2 Å². The van der Waals surface area contributed by atoms with Gasteiger partial charge in [0.25, 0.3) is 0 Å². The molecule has 0 aliphatic carbocycles. The highest BCUT2D eigenvalue weighted by molar-refractivity contribution is 8.00. The van der Waals surface area contributed by atoms with Crippen LogP contribution in [0.4, 0.5) is 5.13 Å². The van der Waals surface area contributed by atoms with E-state index in [-0.39, 0.29) is 5.91 Å². The number of fused-ring (bicyclic) bond motifs is 1. The number of para-hydroxylation sites is 1. The number of anilines is 1. The Morgan fingerprint density at radius 1 is 1.44 bits per heavy atom. The van der Waals surface area contributed by atoms with Crippen molar-refractivity contribution in [2.24, 2.45) is 0 Å². The molecule has 1 fully saturated rings. The highest BCUT2D eigenvalue weighted by atomic mass is 35.5. The lowest BCUT2D eigenvalue weighted by molar-refractivity contribution is -0.115. The quantitative estimate of drug-likeness (QED) is 0.799. The third kappa shape index (κ3) is 1.59. The fourth-order valence-corrected chi connectivity index (χ4v) is 3.79. The molecule has 3 rings (SSSR count). The Morgan fingerprint density at radius 3 is 3.00 bits per heavy atom. The molecule has 0 radical (unpaired) electrons. The summed E-state index contributed by atoms with van der Waals surface area (Å²) in [5, 5.41) is 1.39. The van der Waals surface area contributed by atoms with Gasteiger partial charge in [0.1, 0.15) is 5.52 Å². The molecule has 1 aromatic heterocycles. The number of thiazole rings is 1. The molecule has 1 aromatic carbocycles. The summed E-state index contributed by atoms with van der Waals surface area (Å²) >= 11 is 9.17. The monoisotopic (exact) mass is 270 g/mol. The zero-order chi connectivity index (χ0) is 11.1. The molecule has 0 unspecified atom stereocenters. The van der Waals surface area contributed by atoms with E-state index in [1.165, 1.54) is 11.3 Å². The average molecular weight is 271 g/mol. The van der Waals surface area contributed by atoms with Crippen LogP contribution in [0.1, 0.15) is 0 Å². The van der Waals surface area contributed by atoms with Crippen molar-refractivity contribution in [3.63, 3.8) is 0 Å². The van der Waals surface area contributed by atoms with Crippen molar-refractivity contribution in [1.82, 2.24) is 4.98 Å². The van der Waals surface area contributed by atoms with Crippen molar-refractivity contribution in [3.8, 4) is 0 Å². The maximum Gasteiger partial charge on any atom is 0.239 e. The van der Waals surface area contributed by atoms with E-state index in [2.05, 4.69) is 4.98 Å². The van der Waals surface area contributed by atoms with Gasteiger partial charge in [0, 0.05) is 0 Å². The zero-order valence-corrected chi connectivity index (χ0v) is 10.5. The van der Waals surface area contributed by atoms with Crippen LogP contribution >= 0.6 is 34.7 Å². The van der Waals surface area contributed by atoms with Gasteiger partial charge in [-0.05, 0) is 12.1 Å². The Balaban J connectivity index is 2.11. The first kappa shape index (κ1) is 10.4. The number of hydrogen-bond acceptors (Lipinski definition) is 4. The molecular weight excluding hydrogens is 264 g/mol. The molecule has 1 aliphatic rings. The van der Waals surface area contributed by atoms with E-state index in [0.717, 1.165) is 15.3 Å². The smallest absolute Gasteiger partial charge is 0.239 e. The minimum Gasteiger partial charge on any atom is -0.277 e. The number of carbonyl (C=O) groups is 1. The lowest BCUT2D eigenvalue weighted by atomic mass is 10.3. The van der Waals surface area contributed by atoms with E-state index in [0.29, 0.717) is 16.7 Å². The number of thioether (sulfide) groups is 1. The van der Waals surface area contributed by atoms with Crippen LogP contribution in [-0.4, -0.2) is 22.5 Å². The van der Waals surface area contributed by atoms with Crippen molar-refractivity contribution in [1.29, 1.82) is 0 Å². The van der Waals surface area contributed by atoms with Gasteiger partial charge in [-0.3, -0.25) is 9.69 Å². The molecule has 0 atom stereocenters. The van der Waals surface area contributed by atoms with Crippen LogP contribution in [0.15, 0.2) is 18.2 Å². The number of benzene rings is 1. The summed E-state index contributed by atoms with van der Waals surface area (Å²) < 4.78 is 1.02. The van der Waals surface area contributed by atoms with E-state index in [9.17, 15) is 4.79 Å². The maximum absolute atomic E-state index is 11.6. The highest BCUT2D eigenvalue weighted by Gasteiger charge is 2.25. The van der Waals surface area contributed by atoms with Crippen molar-refractivity contribution in [2.45, 2.75) is 0 Å². The summed E-state index contributed by atoms with van der Waals surface area (Å²) in [6, 6.07) is 5.68. The normalized spacial score (nSPS) is 16.3. The molecule has 16 heavy (non-hydrogen) atoms. The molecule has 1 amide bonds. The van der Waals surface area contributed by atoms with E-state index >= 15 is 0 Å². The van der Waals surface area contributed by atoms with Gasteiger partial charge in [0.15, 0.2) is 5.13 Å². The van der Waals surface area contributed by atoms with Gasteiger partial charge in [-0.2, -0.15) is 0 Å². The first-order valence-electron chi connectivity index (χ1n) is 4.69. The van der Waals surface area contributed by atoms with Crippen LogP contribution in [0.5, 0.6) is 0 Å². The van der Waals surface area contributed by atoms with Gasteiger partial charge in [-0.15, -0.1) is 11.8 Å². The van der Waals surface area contributed by atoms with Crippen LogP contribution < -0.4 is 4.90 Å². The zero-order valence-electron chi connectivity index (χ0n) is 8.14. The standard InChI is InChI=1S/C10H7ClN2OS2/c11-6-2-1-3-7-9(6)12-10(16-7)13-5-15-4-8(13)14/h1-3H,4-5H2. The van der Waals surface area contributed by atoms with Crippen molar-refractivity contribution in [3.05, 3.63) is 23.2 Å². The van der Waals surface area contributed by atoms with Gasteiger partial charge < -0.3 is 0 Å². The SMILES string of the molecule is O=C1CSCN1c1nc2c(Cl)cccc2s1. The van der Waals surface area contributed by atoms with Crippen LogP contribution in [0.3, 0.4) is 0 Å². The molecule has 2 aromatic rings. The molecular formula is C10H7ClN2OS2. The van der Waals surface area contributed by atoms with E-state index < -0.39 is 0 Å². The number of nitrogens with zero attached hydrogens (tertiary/aromatic N) is 2. The first-order chi connectivity index (χ1) is 7.75. The molecule has 0 spiro atoms. The van der Waals surface area contributed by atoms with E-state index in [1.54, 1.807) is 16.7 Å². The van der Waals surface area contributed by atoms with Crippen LogP contribution in [0.2, 0.25) is 5.02 Å². The molecule has 0 saturated carbocycles. The molecule has 1 aliphatic heterocycles. The number of amides is 1. The first-order valence-corrected chi connectivity index (χ1v) is 7.04. The second-order valence-electron chi connectivity index (χ2n) is 3.38. The van der Waals surface area contributed by atoms with Gasteiger partial charge in [-0.25, -0.2) is 4.98 Å². The Bertz CT molecular complexity index is 569. The predicted molar refractivity (Wildman–Crippen MR) is 69.4 cm³/mol. The van der Waals surface area contributed by atoms with Crippen LogP contribution in [0.25, 0.3) is 10.2 Å². The van der Waals surface area contributed by atoms with Crippen molar-refractivity contribution < 1.29 is 4.79 Å². The Kier molecular flexibility index (Phi) is 2.53. The summed E-state index contributed by atoms with van der Waals surface area (Å²) in [7, 11) is 0. The van der Waals surface area contributed by atoms with Gasteiger partial charge in [-0.1, -0.05) is 29.0 Å². The van der Waals surface area contributed by atoms with E-state index in [4.69, 9.17) is 11.6 Å². The summed E-state index contributed by atoms with van der Waals surface area (Å²) in [6.07, 6.45) is 0. The summed E-state index contributed by atoms with van der Waals surface area (Å²) in [6.45, 7) is 0. The Morgan fingerprint density at radius 2 is 2.31 bits per heavy atom. The number of carbonyl (C=O) groups excluding carboxylic acids is 1. The van der Waals surface area contributed by atoms with E-state index in [1.807, 2.05) is 18.2 Å².